The first-order valence-corrected chi connectivity index (χ1v) is 8.92. The fourth-order valence-corrected chi connectivity index (χ4v) is 3.72. The zero-order valence-corrected chi connectivity index (χ0v) is 12.8. The summed E-state index contributed by atoms with van der Waals surface area (Å²) in [6.45, 7) is 0.491. The van der Waals surface area contributed by atoms with E-state index >= 15 is 0 Å². The minimum absolute atomic E-state index is 0.0839. The summed E-state index contributed by atoms with van der Waals surface area (Å²) >= 11 is 1.12. The minimum atomic E-state index is -3.40. The molecule has 0 unspecified atom stereocenters. The molecule has 0 atom stereocenters. The largest absolute Gasteiger partial charge is 0.379 e. The van der Waals surface area contributed by atoms with Gasteiger partial charge in [-0.2, -0.15) is 0 Å². The number of benzene rings is 1. The molecule has 3 N–H and O–H groups in total. The van der Waals surface area contributed by atoms with Crippen molar-refractivity contribution in [2.24, 2.45) is 0 Å². The Balaban J connectivity index is 1.64. The molecule has 1 heterocycles. The quantitative estimate of drug-likeness (QED) is 0.750. The molecule has 0 saturated heterocycles. The topological polar surface area (TPSA) is 91.1 Å². The summed E-state index contributed by atoms with van der Waals surface area (Å²) in [4.78, 5) is 13.9. The Labute approximate surface area is 126 Å². The molecule has 6 nitrogen and oxygen atoms in total. The molecule has 0 amide bonds. The second kappa shape index (κ2) is 5.63. The van der Waals surface area contributed by atoms with Crippen molar-refractivity contribution in [2.45, 2.75) is 30.3 Å². The first-order chi connectivity index (χ1) is 10.0. The molecule has 1 aliphatic rings. The molecule has 2 aromatic rings. The van der Waals surface area contributed by atoms with Gasteiger partial charge in [0, 0.05) is 22.8 Å². The first-order valence-electron chi connectivity index (χ1n) is 6.56. The molecular weight excluding hydrogens is 310 g/mol. The number of hydrogen-bond donors (Lipinski definition) is 3. The maximum atomic E-state index is 12.0. The molecule has 0 aliphatic heterocycles. The zero-order chi connectivity index (χ0) is 14.9. The van der Waals surface area contributed by atoms with E-state index in [1.54, 1.807) is 29.6 Å². The third-order valence-corrected chi connectivity index (χ3v) is 5.37. The number of thiazole rings is 1. The van der Waals surface area contributed by atoms with E-state index in [1.807, 2.05) is 0 Å². The molecule has 1 aromatic heterocycles. The van der Waals surface area contributed by atoms with Gasteiger partial charge in [-0.25, -0.2) is 13.1 Å². The molecule has 112 valence electrons. The maximum Gasteiger partial charge on any atom is 0.304 e. The van der Waals surface area contributed by atoms with E-state index in [1.165, 1.54) is 0 Å². The van der Waals surface area contributed by atoms with Gasteiger partial charge in [0.2, 0.25) is 10.0 Å². The minimum Gasteiger partial charge on any atom is -0.379 e. The Morgan fingerprint density at radius 1 is 1.24 bits per heavy atom. The van der Waals surface area contributed by atoms with Crippen molar-refractivity contribution >= 4 is 27.0 Å². The van der Waals surface area contributed by atoms with E-state index in [2.05, 4.69) is 15.0 Å². The summed E-state index contributed by atoms with van der Waals surface area (Å²) in [6.07, 6.45) is 1.83. The van der Waals surface area contributed by atoms with Crippen molar-refractivity contribution in [3.63, 3.8) is 0 Å². The normalized spacial score (nSPS) is 15.0. The smallest absolute Gasteiger partial charge is 0.304 e. The molecule has 0 spiro atoms. The fourth-order valence-electron chi connectivity index (χ4n) is 1.84. The van der Waals surface area contributed by atoms with E-state index in [9.17, 15) is 13.2 Å². The molecule has 8 heteroatoms. The zero-order valence-electron chi connectivity index (χ0n) is 11.1. The van der Waals surface area contributed by atoms with Crippen LogP contribution in [-0.4, -0.2) is 19.4 Å². The van der Waals surface area contributed by atoms with Crippen molar-refractivity contribution < 1.29 is 8.42 Å². The number of H-pyrrole nitrogens is 1. The van der Waals surface area contributed by atoms with Crippen molar-refractivity contribution in [3.05, 3.63) is 45.0 Å². The number of hydrogen-bond acceptors (Lipinski definition) is 5. The summed E-state index contributed by atoms with van der Waals surface area (Å²) in [5.41, 5.74) is 1.60. The fraction of sp³-hybridized carbons (Fsp3) is 0.308. The van der Waals surface area contributed by atoms with Crippen LogP contribution in [0.4, 0.5) is 5.69 Å². The van der Waals surface area contributed by atoms with E-state index in [4.69, 9.17) is 0 Å². The predicted molar refractivity (Wildman–Crippen MR) is 82.1 cm³/mol. The summed E-state index contributed by atoms with van der Waals surface area (Å²) in [5.74, 6) is 0. The monoisotopic (exact) mass is 325 g/mol. The highest BCUT2D eigenvalue weighted by atomic mass is 32.2. The molecule has 3 rings (SSSR count). The lowest BCUT2D eigenvalue weighted by Gasteiger charge is -2.08. The highest BCUT2D eigenvalue weighted by molar-refractivity contribution is 7.89. The van der Waals surface area contributed by atoms with Gasteiger partial charge in [-0.15, -0.1) is 0 Å². The Morgan fingerprint density at radius 2 is 1.95 bits per heavy atom. The average Bonchev–Trinajstić information content (AvgIpc) is 3.16. The molecule has 1 aliphatic carbocycles. The van der Waals surface area contributed by atoms with E-state index in [0.29, 0.717) is 6.54 Å². The van der Waals surface area contributed by atoms with Gasteiger partial charge < -0.3 is 10.3 Å². The predicted octanol–water partition coefficient (Wildman–Crippen LogP) is 1.49. The van der Waals surface area contributed by atoms with Gasteiger partial charge >= 0.3 is 4.87 Å². The maximum absolute atomic E-state index is 12.0. The summed E-state index contributed by atoms with van der Waals surface area (Å²) in [5, 5.41) is 4.89. The lowest BCUT2D eigenvalue weighted by molar-refractivity contribution is 0.581. The van der Waals surface area contributed by atoms with Gasteiger partial charge in [-0.3, -0.25) is 4.79 Å². The number of sulfonamides is 1. The molecule has 0 bridgehead atoms. The van der Waals surface area contributed by atoms with Crippen LogP contribution in [-0.2, 0) is 16.6 Å². The van der Waals surface area contributed by atoms with Crippen LogP contribution in [0.25, 0.3) is 0 Å². The van der Waals surface area contributed by atoms with E-state index in [-0.39, 0.29) is 15.8 Å². The Kier molecular flexibility index (Phi) is 3.83. The van der Waals surface area contributed by atoms with Gasteiger partial charge in [0.25, 0.3) is 0 Å². The SMILES string of the molecule is O=c1[nH]c(CNc2ccc(S(=O)(=O)NC3CC3)cc2)cs1. The lowest BCUT2D eigenvalue weighted by Crippen LogP contribution is -2.25. The Hall–Kier alpha value is -1.64. The third kappa shape index (κ3) is 3.72. The van der Waals surface area contributed by atoms with Crippen molar-refractivity contribution in [3.8, 4) is 0 Å². The summed E-state index contributed by atoms with van der Waals surface area (Å²) in [7, 11) is -3.40. The van der Waals surface area contributed by atoms with Crippen LogP contribution in [0, 0.1) is 0 Å². The van der Waals surface area contributed by atoms with Crippen molar-refractivity contribution in [2.75, 3.05) is 5.32 Å². The van der Waals surface area contributed by atoms with E-state index in [0.717, 1.165) is 35.6 Å². The van der Waals surface area contributed by atoms with Crippen LogP contribution >= 0.6 is 11.3 Å². The molecule has 0 radical (unpaired) electrons. The second-order valence-corrected chi connectivity index (χ2v) is 7.50. The Bertz CT molecular complexity index is 773. The van der Waals surface area contributed by atoms with Gasteiger partial charge in [0.1, 0.15) is 0 Å². The van der Waals surface area contributed by atoms with Crippen molar-refractivity contribution in [1.82, 2.24) is 9.71 Å². The number of anilines is 1. The third-order valence-electron chi connectivity index (χ3n) is 3.12. The van der Waals surface area contributed by atoms with Crippen molar-refractivity contribution in [1.29, 1.82) is 0 Å². The molecule has 1 fully saturated rings. The van der Waals surface area contributed by atoms with Crippen LogP contribution in [0.3, 0.4) is 0 Å². The number of aromatic amines is 1. The van der Waals surface area contributed by atoms with Crippen LogP contribution < -0.4 is 14.9 Å². The van der Waals surface area contributed by atoms with Gasteiger partial charge in [0.05, 0.1) is 11.4 Å². The highest BCUT2D eigenvalue weighted by Gasteiger charge is 2.27. The summed E-state index contributed by atoms with van der Waals surface area (Å²) < 4.78 is 26.7. The number of rotatable bonds is 6. The van der Waals surface area contributed by atoms with Crippen LogP contribution in [0.2, 0.25) is 0 Å². The van der Waals surface area contributed by atoms with Gasteiger partial charge in [-0.05, 0) is 37.1 Å². The van der Waals surface area contributed by atoms with Gasteiger partial charge in [-0.1, -0.05) is 11.3 Å². The summed E-state index contributed by atoms with van der Waals surface area (Å²) in [6, 6.07) is 6.67. The van der Waals surface area contributed by atoms with Crippen LogP contribution in [0.5, 0.6) is 0 Å². The lowest BCUT2D eigenvalue weighted by atomic mass is 10.3. The first kappa shape index (κ1) is 14.3. The molecule has 1 aromatic carbocycles. The Morgan fingerprint density at radius 3 is 2.52 bits per heavy atom. The number of nitrogens with one attached hydrogen (secondary N) is 3. The standard InChI is InChI=1S/C13H15N3O3S2/c17-13-15-11(8-20-13)7-14-9-3-5-12(6-4-9)21(18,19)16-10-1-2-10/h3-6,8,10,14,16H,1-2,7H2,(H,15,17). The van der Waals surface area contributed by atoms with Crippen LogP contribution in [0.15, 0.2) is 39.3 Å². The second-order valence-electron chi connectivity index (χ2n) is 4.95. The molecular formula is C13H15N3O3S2. The van der Waals surface area contributed by atoms with Crippen LogP contribution in [0.1, 0.15) is 18.5 Å². The number of aromatic nitrogens is 1. The van der Waals surface area contributed by atoms with Gasteiger partial charge in [0.15, 0.2) is 0 Å². The highest BCUT2D eigenvalue weighted by Crippen LogP contribution is 2.22. The molecule has 1 saturated carbocycles. The molecule has 21 heavy (non-hydrogen) atoms. The van der Waals surface area contributed by atoms with E-state index < -0.39 is 10.0 Å². The average molecular weight is 325 g/mol.